The SMILES string of the molecule is C=CC(=O)COC(=O)C(=C)CCC(CC)CCCC.CC(C)(C)C=Cc1ccccc1. The number of ketones is 1. The van der Waals surface area contributed by atoms with E-state index < -0.39 is 5.97 Å². The number of esters is 1. The molecule has 1 rings (SSSR count). The second kappa shape index (κ2) is 16.3. The second-order valence-electron chi connectivity index (χ2n) is 8.92. The molecule has 0 aromatic heterocycles. The molecule has 0 saturated carbocycles. The predicted octanol–water partition coefficient (Wildman–Crippen LogP) is 7.58. The first-order valence-corrected chi connectivity index (χ1v) is 11.4. The molecule has 31 heavy (non-hydrogen) atoms. The van der Waals surface area contributed by atoms with Gasteiger partial charge < -0.3 is 4.74 Å². The van der Waals surface area contributed by atoms with Gasteiger partial charge in [0, 0.05) is 5.57 Å². The van der Waals surface area contributed by atoms with E-state index in [0.717, 1.165) is 18.9 Å². The number of rotatable bonds is 12. The van der Waals surface area contributed by atoms with Gasteiger partial charge in [0.2, 0.25) is 0 Å². The van der Waals surface area contributed by atoms with Gasteiger partial charge >= 0.3 is 5.97 Å². The van der Waals surface area contributed by atoms with Gasteiger partial charge in [-0.3, -0.25) is 4.79 Å². The van der Waals surface area contributed by atoms with Gasteiger partial charge in [-0.2, -0.15) is 0 Å². The molecule has 0 bridgehead atoms. The summed E-state index contributed by atoms with van der Waals surface area (Å²) in [5, 5.41) is 0. The van der Waals surface area contributed by atoms with Crippen LogP contribution in [0, 0.1) is 11.3 Å². The van der Waals surface area contributed by atoms with Gasteiger partial charge in [-0.05, 0) is 35.8 Å². The molecule has 0 heterocycles. The van der Waals surface area contributed by atoms with E-state index in [1.54, 1.807) is 0 Å². The summed E-state index contributed by atoms with van der Waals surface area (Å²) in [4.78, 5) is 22.5. The summed E-state index contributed by atoms with van der Waals surface area (Å²) in [6, 6.07) is 10.4. The monoisotopic (exact) mass is 426 g/mol. The first kappa shape index (κ1) is 28.6. The zero-order chi connectivity index (χ0) is 23.7. The van der Waals surface area contributed by atoms with E-state index in [4.69, 9.17) is 4.74 Å². The van der Waals surface area contributed by atoms with Crippen molar-refractivity contribution in [3.8, 4) is 0 Å². The molecule has 0 amide bonds. The van der Waals surface area contributed by atoms with E-state index in [2.05, 4.69) is 84.2 Å². The number of unbranched alkanes of at least 4 members (excludes halogenated alkanes) is 1. The Morgan fingerprint density at radius 2 is 1.74 bits per heavy atom. The van der Waals surface area contributed by atoms with Gasteiger partial charge in [-0.15, -0.1) is 0 Å². The quantitative estimate of drug-likeness (QED) is 0.255. The van der Waals surface area contributed by atoms with Crippen LogP contribution in [0.25, 0.3) is 6.08 Å². The maximum absolute atomic E-state index is 11.6. The van der Waals surface area contributed by atoms with E-state index in [-0.39, 0.29) is 17.8 Å². The largest absolute Gasteiger partial charge is 0.454 e. The van der Waals surface area contributed by atoms with E-state index in [1.165, 1.54) is 24.8 Å². The molecule has 1 atom stereocenters. The summed E-state index contributed by atoms with van der Waals surface area (Å²) in [6.07, 6.45) is 11.9. The van der Waals surface area contributed by atoms with E-state index >= 15 is 0 Å². The van der Waals surface area contributed by atoms with Crippen LogP contribution >= 0.6 is 0 Å². The zero-order valence-corrected chi connectivity index (χ0v) is 20.3. The van der Waals surface area contributed by atoms with Crippen molar-refractivity contribution in [3.63, 3.8) is 0 Å². The Morgan fingerprint density at radius 1 is 1.10 bits per heavy atom. The minimum Gasteiger partial charge on any atom is -0.454 e. The lowest BCUT2D eigenvalue weighted by atomic mass is 9.92. The van der Waals surface area contributed by atoms with Crippen molar-refractivity contribution >= 4 is 17.8 Å². The number of carbonyl (C=O) groups is 2. The fourth-order valence-electron chi connectivity index (χ4n) is 2.73. The summed E-state index contributed by atoms with van der Waals surface area (Å²) >= 11 is 0. The Bertz CT molecular complexity index is 693. The molecule has 0 aliphatic heterocycles. The predicted molar refractivity (Wildman–Crippen MR) is 133 cm³/mol. The average Bonchev–Trinajstić information content (AvgIpc) is 2.76. The summed E-state index contributed by atoms with van der Waals surface area (Å²) in [5.41, 5.74) is 2.00. The summed E-state index contributed by atoms with van der Waals surface area (Å²) in [6.45, 7) is 17.8. The molecule has 3 nitrogen and oxygen atoms in total. The van der Waals surface area contributed by atoms with Gasteiger partial charge in [0.25, 0.3) is 0 Å². The molecule has 1 unspecified atom stereocenters. The Balaban J connectivity index is 0.000000639. The average molecular weight is 427 g/mol. The van der Waals surface area contributed by atoms with Crippen molar-refractivity contribution < 1.29 is 14.3 Å². The van der Waals surface area contributed by atoms with Crippen LogP contribution in [-0.4, -0.2) is 18.4 Å². The van der Waals surface area contributed by atoms with Crippen molar-refractivity contribution in [2.75, 3.05) is 6.61 Å². The fourth-order valence-corrected chi connectivity index (χ4v) is 2.73. The van der Waals surface area contributed by atoms with Crippen LogP contribution in [0.4, 0.5) is 0 Å². The highest BCUT2D eigenvalue weighted by molar-refractivity contribution is 5.94. The number of hydrogen-bond acceptors (Lipinski definition) is 3. The highest BCUT2D eigenvalue weighted by Crippen LogP contribution is 2.21. The molecule has 0 fully saturated rings. The smallest absolute Gasteiger partial charge is 0.333 e. The minimum atomic E-state index is -0.472. The Labute approximate surface area is 190 Å². The zero-order valence-electron chi connectivity index (χ0n) is 20.3. The number of ether oxygens (including phenoxy) is 1. The standard InChI is InChI=1S/C16H26O3.C12H16/c1-5-8-9-14(6-2)11-10-13(4)16(18)19-12-15(17)7-3;1-12(2,3)10-9-11-7-5-4-6-8-11/h7,14H,3-6,8-12H2,1-2H3;4-10H,1-3H3. The van der Waals surface area contributed by atoms with Gasteiger partial charge in [0.15, 0.2) is 12.4 Å². The van der Waals surface area contributed by atoms with Gasteiger partial charge in [-0.25, -0.2) is 4.79 Å². The lowest BCUT2D eigenvalue weighted by Gasteiger charge is -2.14. The number of benzene rings is 1. The van der Waals surface area contributed by atoms with Crippen molar-refractivity contribution in [2.45, 2.75) is 73.1 Å². The first-order valence-electron chi connectivity index (χ1n) is 11.4. The van der Waals surface area contributed by atoms with Crippen LogP contribution in [0.2, 0.25) is 0 Å². The van der Waals surface area contributed by atoms with Gasteiger partial charge in [0.1, 0.15) is 0 Å². The van der Waals surface area contributed by atoms with E-state index in [1.807, 2.05) is 6.07 Å². The van der Waals surface area contributed by atoms with Crippen LogP contribution < -0.4 is 0 Å². The third-order valence-corrected chi connectivity index (χ3v) is 4.83. The Hall–Kier alpha value is -2.42. The maximum atomic E-state index is 11.6. The molecule has 172 valence electrons. The molecular weight excluding hydrogens is 384 g/mol. The van der Waals surface area contributed by atoms with Gasteiger partial charge in [0.05, 0.1) is 0 Å². The highest BCUT2D eigenvalue weighted by atomic mass is 16.5. The molecule has 0 radical (unpaired) electrons. The third kappa shape index (κ3) is 16.0. The summed E-state index contributed by atoms with van der Waals surface area (Å²) in [5.74, 6) is -0.129. The first-order chi connectivity index (χ1) is 14.6. The number of hydrogen-bond donors (Lipinski definition) is 0. The molecule has 0 aliphatic rings. The molecule has 0 aliphatic carbocycles. The molecule has 0 N–H and O–H groups in total. The number of carbonyl (C=O) groups excluding carboxylic acids is 2. The van der Waals surface area contributed by atoms with Crippen molar-refractivity contribution in [1.29, 1.82) is 0 Å². The Kier molecular flexibility index (Phi) is 15.0. The highest BCUT2D eigenvalue weighted by Gasteiger charge is 2.13. The molecule has 3 heteroatoms. The topological polar surface area (TPSA) is 43.4 Å². The molecule has 0 saturated heterocycles. The lowest BCUT2D eigenvalue weighted by molar-refractivity contribution is -0.143. The Morgan fingerprint density at radius 3 is 2.26 bits per heavy atom. The van der Waals surface area contributed by atoms with Crippen LogP contribution in [0.15, 0.2) is 61.2 Å². The minimum absolute atomic E-state index is 0.242. The van der Waals surface area contributed by atoms with Crippen molar-refractivity contribution in [3.05, 3.63) is 66.8 Å². The van der Waals surface area contributed by atoms with Crippen LogP contribution in [0.3, 0.4) is 0 Å². The van der Waals surface area contributed by atoms with Crippen LogP contribution in [0.5, 0.6) is 0 Å². The molecule has 1 aromatic rings. The third-order valence-electron chi connectivity index (χ3n) is 4.83. The van der Waals surface area contributed by atoms with Crippen LogP contribution in [-0.2, 0) is 14.3 Å². The fraction of sp³-hybridized carbons (Fsp3) is 0.500. The summed E-state index contributed by atoms with van der Waals surface area (Å²) < 4.78 is 4.84. The normalized spacial score (nSPS) is 11.9. The van der Waals surface area contributed by atoms with E-state index in [9.17, 15) is 9.59 Å². The molecule has 1 aromatic carbocycles. The maximum Gasteiger partial charge on any atom is 0.333 e. The molecule has 0 spiro atoms. The van der Waals surface area contributed by atoms with Crippen molar-refractivity contribution in [1.82, 2.24) is 0 Å². The van der Waals surface area contributed by atoms with Gasteiger partial charge in [-0.1, -0.05) is 116 Å². The second-order valence-corrected chi connectivity index (χ2v) is 8.92. The van der Waals surface area contributed by atoms with Crippen LogP contribution in [0.1, 0.15) is 78.7 Å². The summed E-state index contributed by atoms with van der Waals surface area (Å²) in [7, 11) is 0. The number of allylic oxidation sites excluding steroid dienone is 1. The molecular formula is C28H42O3. The van der Waals surface area contributed by atoms with E-state index in [0.29, 0.717) is 17.9 Å². The lowest BCUT2D eigenvalue weighted by Crippen LogP contribution is -2.14. The van der Waals surface area contributed by atoms with Crippen molar-refractivity contribution in [2.24, 2.45) is 11.3 Å².